The third-order valence-corrected chi connectivity index (χ3v) is 5.64. The van der Waals surface area contributed by atoms with Crippen molar-refractivity contribution in [2.24, 2.45) is 0 Å². The van der Waals surface area contributed by atoms with Crippen LogP contribution in [0.4, 0.5) is 15.9 Å². The zero-order chi connectivity index (χ0) is 23.7. The van der Waals surface area contributed by atoms with E-state index in [0.717, 1.165) is 36.0 Å². The molecule has 5 rings (SSSR count). The monoisotopic (exact) mass is 456 g/mol. The zero-order valence-electron chi connectivity index (χ0n) is 18.3. The molecule has 1 amide bonds. The van der Waals surface area contributed by atoms with Crippen molar-refractivity contribution < 1.29 is 13.9 Å². The minimum Gasteiger partial charge on any atom is -0.454 e. The molecule has 3 N–H and O–H groups in total. The summed E-state index contributed by atoms with van der Waals surface area (Å²) in [4.78, 5) is 32.8. The van der Waals surface area contributed by atoms with Gasteiger partial charge in [0.2, 0.25) is 5.43 Å². The molecule has 1 aliphatic rings. The molecule has 2 aromatic carbocycles. The summed E-state index contributed by atoms with van der Waals surface area (Å²) in [6.45, 7) is 2.70. The largest absolute Gasteiger partial charge is 0.454 e. The number of amides is 1. The number of aromatic amines is 1. The van der Waals surface area contributed by atoms with Crippen molar-refractivity contribution in [2.75, 3.05) is 17.2 Å². The average molecular weight is 456 g/mol. The minimum absolute atomic E-state index is 0.0255. The van der Waals surface area contributed by atoms with Crippen LogP contribution in [0.5, 0.6) is 11.5 Å². The van der Waals surface area contributed by atoms with E-state index in [9.17, 15) is 14.0 Å². The standard InChI is InChI=1S/C26H21FN4O3/c1-15-2-4-16(5-3-15)19-13-28-14-20(24(19)32)26(33)31-17-6-7-23(21(27)12-17)34-22-9-11-30-25-18(22)8-10-29-25/h2-7,9,11-14H,8,10H2,1H3,(H,28,32)(H,29,30)(H,31,33). The maximum atomic E-state index is 14.8. The molecule has 0 spiro atoms. The van der Waals surface area contributed by atoms with E-state index in [1.54, 1.807) is 18.5 Å². The number of hydrogen-bond donors (Lipinski definition) is 3. The molecule has 0 saturated heterocycles. The molecule has 0 atom stereocenters. The van der Waals surface area contributed by atoms with Crippen LogP contribution in [0.3, 0.4) is 0 Å². The zero-order valence-corrected chi connectivity index (χ0v) is 18.3. The summed E-state index contributed by atoms with van der Waals surface area (Å²) in [5.74, 6) is 0.0143. The van der Waals surface area contributed by atoms with Crippen molar-refractivity contribution in [1.82, 2.24) is 9.97 Å². The number of rotatable bonds is 5. The first-order chi connectivity index (χ1) is 16.5. The van der Waals surface area contributed by atoms with Gasteiger partial charge in [0.05, 0.1) is 0 Å². The number of ether oxygens (including phenoxy) is 1. The minimum atomic E-state index is -0.642. The van der Waals surface area contributed by atoms with Crippen LogP contribution in [0, 0.1) is 12.7 Å². The third kappa shape index (κ3) is 4.13. The number of halogens is 1. The fraction of sp³-hybridized carbons (Fsp3) is 0.115. The lowest BCUT2D eigenvalue weighted by Crippen LogP contribution is -2.22. The van der Waals surface area contributed by atoms with Gasteiger partial charge in [0.25, 0.3) is 5.91 Å². The van der Waals surface area contributed by atoms with Gasteiger partial charge in [-0.3, -0.25) is 9.59 Å². The second-order valence-corrected chi connectivity index (χ2v) is 7.99. The van der Waals surface area contributed by atoms with E-state index in [-0.39, 0.29) is 17.0 Å². The molecule has 8 heteroatoms. The summed E-state index contributed by atoms with van der Waals surface area (Å²) >= 11 is 0. The van der Waals surface area contributed by atoms with Gasteiger partial charge >= 0.3 is 0 Å². The fourth-order valence-electron chi connectivity index (χ4n) is 3.85. The predicted molar refractivity (Wildman–Crippen MR) is 128 cm³/mol. The smallest absolute Gasteiger partial charge is 0.261 e. The molecule has 0 saturated carbocycles. The van der Waals surface area contributed by atoms with Gasteiger partial charge in [-0.1, -0.05) is 29.8 Å². The lowest BCUT2D eigenvalue weighted by Gasteiger charge is -2.12. The number of carbonyl (C=O) groups excluding carboxylic acids is 1. The number of fused-ring (bicyclic) bond motifs is 1. The van der Waals surface area contributed by atoms with Gasteiger partial charge in [-0.25, -0.2) is 9.37 Å². The van der Waals surface area contributed by atoms with E-state index in [1.807, 2.05) is 31.2 Å². The Labute approximate surface area is 194 Å². The van der Waals surface area contributed by atoms with Crippen molar-refractivity contribution in [2.45, 2.75) is 13.3 Å². The van der Waals surface area contributed by atoms with E-state index < -0.39 is 17.2 Å². The number of benzene rings is 2. The van der Waals surface area contributed by atoms with Crippen LogP contribution in [-0.4, -0.2) is 22.4 Å². The lowest BCUT2D eigenvalue weighted by molar-refractivity contribution is 0.102. The van der Waals surface area contributed by atoms with Gasteiger partial charge in [0, 0.05) is 48.0 Å². The van der Waals surface area contributed by atoms with E-state index in [2.05, 4.69) is 20.6 Å². The highest BCUT2D eigenvalue weighted by atomic mass is 19.1. The molecule has 0 bridgehead atoms. The number of aromatic nitrogens is 2. The Morgan fingerprint density at radius 1 is 1.09 bits per heavy atom. The Balaban J connectivity index is 1.35. The fourth-order valence-corrected chi connectivity index (χ4v) is 3.85. The maximum Gasteiger partial charge on any atom is 0.261 e. The molecule has 34 heavy (non-hydrogen) atoms. The van der Waals surface area contributed by atoms with E-state index in [0.29, 0.717) is 16.9 Å². The van der Waals surface area contributed by atoms with Gasteiger partial charge < -0.3 is 20.4 Å². The first-order valence-electron chi connectivity index (χ1n) is 10.8. The first-order valence-corrected chi connectivity index (χ1v) is 10.8. The second-order valence-electron chi connectivity index (χ2n) is 7.99. The summed E-state index contributed by atoms with van der Waals surface area (Å²) in [7, 11) is 0. The topological polar surface area (TPSA) is 96.1 Å². The Bertz CT molecular complexity index is 1450. The van der Waals surface area contributed by atoms with E-state index in [1.165, 1.54) is 18.3 Å². The molecular weight excluding hydrogens is 435 g/mol. The number of H-pyrrole nitrogens is 1. The molecule has 4 aromatic rings. The Kier molecular flexibility index (Phi) is 5.55. The second kappa shape index (κ2) is 8.82. The van der Waals surface area contributed by atoms with Crippen LogP contribution in [0.1, 0.15) is 21.5 Å². The molecule has 3 heterocycles. The third-order valence-electron chi connectivity index (χ3n) is 5.64. The molecule has 0 aliphatic carbocycles. The number of pyridine rings is 2. The van der Waals surface area contributed by atoms with Crippen LogP contribution in [0.15, 0.2) is 71.9 Å². The Hall–Kier alpha value is -4.46. The molecule has 7 nitrogen and oxygen atoms in total. The molecular formula is C26H21FN4O3. The first kappa shape index (κ1) is 21.4. The summed E-state index contributed by atoms with van der Waals surface area (Å²) in [6, 6.07) is 13.2. The highest BCUT2D eigenvalue weighted by Gasteiger charge is 2.19. The van der Waals surface area contributed by atoms with Crippen molar-refractivity contribution in [3.8, 4) is 22.6 Å². The number of carbonyl (C=O) groups is 1. The molecule has 0 fully saturated rings. The van der Waals surface area contributed by atoms with Gasteiger partial charge in [0.15, 0.2) is 11.6 Å². The molecule has 1 aliphatic heterocycles. The van der Waals surface area contributed by atoms with Crippen LogP contribution < -0.4 is 20.8 Å². The quantitative estimate of drug-likeness (QED) is 0.397. The number of nitrogens with zero attached hydrogens (tertiary/aromatic N) is 1. The molecule has 170 valence electrons. The van der Waals surface area contributed by atoms with Crippen molar-refractivity contribution in [3.05, 3.63) is 99.9 Å². The summed E-state index contributed by atoms with van der Waals surface area (Å²) < 4.78 is 20.5. The van der Waals surface area contributed by atoms with Crippen LogP contribution in [0.2, 0.25) is 0 Å². The van der Waals surface area contributed by atoms with Gasteiger partial charge in [0.1, 0.15) is 17.1 Å². The van der Waals surface area contributed by atoms with Crippen LogP contribution in [0.25, 0.3) is 11.1 Å². The number of nitrogens with one attached hydrogen (secondary N) is 3. The number of hydrogen-bond acceptors (Lipinski definition) is 5. The normalized spacial score (nSPS) is 12.1. The summed E-state index contributed by atoms with van der Waals surface area (Å²) in [5.41, 5.74) is 2.75. The molecule has 0 unspecified atom stereocenters. The Morgan fingerprint density at radius 2 is 1.91 bits per heavy atom. The number of anilines is 2. The van der Waals surface area contributed by atoms with Crippen LogP contribution in [-0.2, 0) is 6.42 Å². The Morgan fingerprint density at radius 3 is 2.71 bits per heavy atom. The maximum absolute atomic E-state index is 14.8. The SMILES string of the molecule is Cc1ccc(-c2c[nH]cc(C(=O)Nc3ccc(Oc4ccnc5c4CCN5)c(F)c3)c2=O)cc1. The van der Waals surface area contributed by atoms with E-state index >= 15 is 0 Å². The number of aryl methyl sites for hydroxylation is 1. The van der Waals surface area contributed by atoms with Gasteiger partial charge in [-0.05, 0) is 37.1 Å². The van der Waals surface area contributed by atoms with E-state index in [4.69, 9.17) is 4.74 Å². The van der Waals surface area contributed by atoms with Gasteiger partial charge in [-0.15, -0.1) is 0 Å². The van der Waals surface area contributed by atoms with Crippen molar-refractivity contribution in [1.29, 1.82) is 0 Å². The highest BCUT2D eigenvalue weighted by Crippen LogP contribution is 2.34. The van der Waals surface area contributed by atoms with Gasteiger partial charge in [-0.2, -0.15) is 0 Å². The van der Waals surface area contributed by atoms with Crippen molar-refractivity contribution >= 4 is 17.4 Å². The average Bonchev–Trinajstić information content (AvgIpc) is 3.31. The lowest BCUT2D eigenvalue weighted by atomic mass is 10.0. The highest BCUT2D eigenvalue weighted by molar-refractivity contribution is 6.04. The molecule has 0 radical (unpaired) electrons. The summed E-state index contributed by atoms with van der Waals surface area (Å²) in [6.07, 6.45) is 5.23. The van der Waals surface area contributed by atoms with Crippen LogP contribution >= 0.6 is 0 Å². The molecule has 2 aromatic heterocycles. The summed E-state index contributed by atoms with van der Waals surface area (Å²) in [5, 5.41) is 5.73. The van der Waals surface area contributed by atoms with Crippen molar-refractivity contribution in [3.63, 3.8) is 0 Å². The predicted octanol–water partition coefficient (Wildman–Crippen LogP) is 4.90.